The second-order valence-electron chi connectivity index (χ2n) is 7.19. The Morgan fingerprint density at radius 3 is 2.55 bits per heavy atom. The van der Waals surface area contributed by atoms with Gasteiger partial charge in [0.05, 0.1) is 23.1 Å². The van der Waals surface area contributed by atoms with Crippen molar-refractivity contribution in [3.8, 4) is 5.69 Å². The van der Waals surface area contributed by atoms with E-state index < -0.39 is 5.97 Å². The summed E-state index contributed by atoms with van der Waals surface area (Å²) in [6.07, 6.45) is 2.50. The first-order chi connectivity index (χ1) is 13.9. The molecule has 29 heavy (non-hydrogen) atoms. The molecule has 6 nitrogen and oxygen atoms in total. The van der Waals surface area contributed by atoms with E-state index in [0.717, 1.165) is 22.5 Å². The van der Waals surface area contributed by atoms with Crippen LogP contribution < -0.4 is 5.32 Å². The van der Waals surface area contributed by atoms with Gasteiger partial charge in [-0.1, -0.05) is 42.5 Å². The minimum Gasteiger partial charge on any atom is -0.481 e. The molecule has 3 rings (SSSR count). The fourth-order valence-electron chi connectivity index (χ4n) is 3.34. The van der Waals surface area contributed by atoms with Crippen molar-refractivity contribution in [3.05, 3.63) is 83.2 Å². The number of aromatic nitrogens is 2. The van der Waals surface area contributed by atoms with Crippen LogP contribution in [0.4, 0.5) is 0 Å². The van der Waals surface area contributed by atoms with Gasteiger partial charge in [0.1, 0.15) is 0 Å². The lowest BCUT2D eigenvalue weighted by atomic mass is 10.0. The lowest BCUT2D eigenvalue weighted by Crippen LogP contribution is -2.37. The number of hydrogen-bond acceptors (Lipinski definition) is 3. The van der Waals surface area contributed by atoms with E-state index in [0.29, 0.717) is 18.4 Å². The molecule has 1 aromatic heterocycles. The molecule has 0 bridgehead atoms. The summed E-state index contributed by atoms with van der Waals surface area (Å²) in [5, 5.41) is 16.4. The van der Waals surface area contributed by atoms with E-state index in [1.165, 1.54) is 0 Å². The van der Waals surface area contributed by atoms with Gasteiger partial charge in [0.15, 0.2) is 0 Å². The van der Waals surface area contributed by atoms with E-state index in [9.17, 15) is 9.59 Å². The lowest BCUT2D eigenvalue weighted by Gasteiger charge is -2.18. The van der Waals surface area contributed by atoms with E-state index in [1.807, 2.05) is 68.4 Å². The molecular weight excluding hydrogens is 366 g/mol. The summed E-state index contributed by atoms with van der Waals surface area (Å²) in [4.78, 5) is 23.9. The van der Waals surface area contributed by atoms with Crippen LogP contribution in [0.2, 0.25) is 0 Å². The van der Waals surface area contributed by atoms with Crippen LogP contribution in [0.1, 0.15) is 40.0 Å². The molecule has 2 N–H and O–H groups in total. The Bertz CT molecular complexity index is 996. The molecule has 1 heterocycles. The fourth-order valence-corrected chi connectivity index (χ4v) is 3.34. The van der Waals surface area contributed by atoms with Crippen LogP contribution in [-0.2, 0) is 11.2 Å². The van der Waals surface area contributed by atoms with Crippen molar-refractivity contribution in [2.24, 2.45) is 0 Å². The van der Waals surface area contributed by atoms with Crippen LogP contribution in [0.25, 0.3) is 5.69 Å². The highest BCUT2D eigenvalue weighted by Crippen LogP contribution is 2.16. The van der Waals surface area contributed by atoms with Gasteiger partial charge in [-0.05, 0) is 49.9 Å². The first-order valence-electron chi connectivity index (χ1n) is 9.62. The van der Waals surface area contributed by atoms with Crippen molar-refractivity contribution in [1.29, 1.82) is 0 Å². The highest BCUT2D eigenvalue weighted by molar-refractivity contribution is 5.95. The normalized spacial score (nSPS) is 11.8. The first-order valence-corrected chi connectivity index (χ1v) is 9.62. The Balaban J connectivity index is 1.77. The molecule has 0 fully saturated rings. The Hall–Kier alpha value is -3.41. The zero-order valence-electron chi connectivity index (χ0n) is 16.6. The van der Waals surface area contributed by atoms with Crippen molar-refractivity contribution < 1.29 is 14.7 Å². The SMILES string of the molecule is Cc1cccc(-n2ncc(C(=O)NC(CCC(=O)O)Cc3ccccc3)c2C)c1. The molecule has 1 unspecified atom stereocenters. The van der Waals surface area contributed by atoms with E-state index in [4.69, 9.17) is 5.11 Å². The van der Waals surface area contributed by atoms with Crippen molar-refractivity contribution >= 4 is 11.9 Å². The quantitative estimate of drug-likeness (QED) is 0.613. The molecule has 0 saturated heterocycles. The third-order valence-corrected chi connectivity index (χ3v) is 4.87. The summed E-state index contributed by atoms with van der Waals surface area (Å²) in [6.45, 7) is 3.86. The Morgan fingerprint density at radius 2 is 1.86 bits per heavy atom. The van der Waals surface area contributed by atoms with Gasteiger partial charge in [0.2, 0.25) is 0 Å². The number of nitrogens with one attached hydrogen (secondary N) is 1. The number of carbonyl (C=O) groups excluding carboxylic acids is 1. The van der Waals surface area contributed by atoms with Crippen LogP contribution in [0.15, 0.2) is 60.8 Å². The molecular formula is C23H25N3O3. The van der Waals surface area contributed by atoms with Crippen LogP contribution >= 0.6 is 0 Å². The van der Waals surface area contributed by atoms with Crippen molar-refractivity contribution in [3.63, 3.8) is 0 Å². The van der Waals surface area contributed by atoms with Crippen LogP contribution in [-0.4, -0.2) is 32.8 Å². The van der Waals surface area contributed by atoms with Gasteiger partial charge in [-0.2, -0.15) is 5.10 Å². The molecule has 3 aromatic rings. The van der Waals surface area contributed by atoms with Gasteiger partial charge in [-0.15, -0.1) is 0 Å². The number of carbonyl (C=O) groups is 2. The summed E-state index contributed by atoms with van der Waals surface area (Å²) in [7, 11) is 0. The van der Waals surface area contributed by atoms with Gasteiger partial charge in [0, 0.05) is 12.5 Å². The summed E-state index contributed by atoms with van der Waals surface area (Å²) >= 11 is 0. The molecule has 0 aliphatic rings. The predicted molar refractivity (Wildman–Crippen MR) is 111 cm³/mol. The summed E-state index contributed by atoms with van der Waals surface area (Å²) in [5.41, 5.74) is 4.29. The van der Waals surface area contributed by atoms with Crippen molar-refractivity contribution in [2.75, 3.05) is 0 Å². The van der Waals surface area contributed by atoms with Crippen LogP contribution in [0.3, 0.4) is 0 Å². The van der Waals surface area contributed by atoms with Gasteiger partial charge in [-0.3, -0.25) is 9.59 Å². The minimum atomic E-state index is -0.874. The number of nitrogens with zero attached hydrogens (tertiary/aromatic N) is 2. The number of aryl methyl sites for hydroxylation is 1. The standard InChI is InChI=1S/C23H25N3O3/c1-16-7-6-10-20(13-16)26-17(2)21(15-24-26)23(29)25-19(11-12-22(27)28)14-18-8-4-3-5-9-18/h3-10,13,15,19H,11-12,14H2,1-2H3,(H,25,29)(H,27,28). The number of amides is 1. The lowest BCUT2D eigenvalue weighted by molar-refractivity contribution is -0.137. The molecule has 1 atom stereocenters. The predicted octanol–water partition coefficient (Wildman–Crippen LogP) is 3.70. The zero-order chi connectivity index (χ0) is 20.8. The molecule has 0 spiro atoms. The van der Waals surface area contributed by atoms with E-state index in [1.54, 1.807) is 10.9 Å². The molecule has 2 aromatic carbocycles. The number of rotatable bonds is 8. The molecule has 0 aliphatic heterocycles. The van der Waals surface area contributed by atoms with Gasteiger partial charge >= 0.3 is 5.97 Å². The third-order valence-electron chi connectivity index (χ3n) is 4.87. The van der Waals surface area contributed by atoms with Crippen LogP contribution in [0.5, 0.6) is 0 Å². The molecule has 6 heteroatoms. The summed E-state index contributed by atoms with van der Waals surface area (Å²) < 4.78 is 1.74. The second-order valence-corrected chi connectivity index (χ2v) is 7.19. The smallest absolute Gasteiger partial charge is 0.303 e. The Labute approximate surface area is 170 Å². The Morgan fingerprint density at radius 1 is 1.10 bits per heavy atom. The summed E-state index contributed by atoms with van der Waals surface area (Å²) in [5.74, 6) is -1.12. The minimum absolute atomic E-state index is 0.000678. The maximum absolute atomic E-state index is 12.9. The topological polar surface area (TPSA) is 84.2 Å². The van der Waals surface area contributed by atoms with E-state index in [-0.39, 0.29) is 18.4 Å². The molecule has 150 valence electrons. The number of hydrogen-bond donors (Lipinski definition) is 2. The average molecular weight is 391 g/mol. The number of aliphatic carboxylic acids is 1. The van der Waals surface area contributed by atoms with E-state index >= 15 is 0 Å². The highest BCUT2D eigenvalue weighted by Gasteiger charge is 2.20. The highest BCUT2D eigenvalue weighted by atomic mass is 16.4. The van der Waals surface area contributed by atoms with Crippen LogP contribution in [0, 0.1) is 13.8 Å². The molecule has 1 amide bonds. The van der Waals surface area contributed by atoms with Crippen molar-refractivity contribution in [1.82, 2.24) is 15.1 Å². The number of benzene rings is 2. The largest absolute Gasteiger partial charge is 0.481 e. The first kappa shape index (κ1) is 20.3. The molecule has 0 saturated carbocycles. The van der Waals surface area contributed by atoms with Gasteiger partial charge in [0.25, 0.3) is 5.91 Å². The molecule has 0 aliphatic carbocycles. The fraction of sp³-hybridized carbons (Fsp3) is 0.261. The van der Waals surface area contributed by atoms with E-state index in [2.05, 4.69) is 10.4 Å². The maximum Gasteiger partial charge on any atom is 0.303 e. The monoisotopic (exact) mass is 391 g/mol. The number of carboxylic acids is 1. The second kappa shape index (κ2) is 9.19. The molecule has 0 radical (unpaired) electrons. The van der Waals surface area contributed by atoms with Gasteiger partial charge in [-0.25, -0.2) is 4.68 Å². The maximum atomic E-state index is 12.9. The third kappa shape index (κ3) is 5.31. The zero-order valence-corrected chi connectivity index (χ0v) is 16.6. The van der Waals surface area contributed by atoms with Gasteiger partial charge < -0.3 is 10.4 Å². The van der Waals surface area contributed by atoms with Crippen molar-refractivity contribution in [2.45, 2.75) is 39.2 Å². The number of carboxylic acid groups (broad SMARTS) is 1. The average Bonchev–Trinajstić information content (AvgIpc) is 3.08. The summed E-state index contributed by atoms with van der Waals surface area (Å²) in [6, 6.07) is 17.4. The Kier molecular flexibility index (Phi) is 6.44.